The molecule has 0 bridgehead atoms. The Bertz CT molecular complexity index is 795. The molecule has 2 unspecified atom stereocenters. The molecule has 3 rings (SSSR count). The lowest BCUT2D eigenvalue weighted by Crippen LogP contribution is -2.32. The number of β-amino-alcohol motifs (C(OH)–C–C–N with tert-alkyl or cyclic N) is 1. The Morgan fingerprint density at radius 1 is 1.24 bits per heavy atom. The van der Waals surface area contributed by atoms with E-state index >= 15 is 0 Å². The maximum absolute atomic E-state index is 13.3. The van der Waals surface area contributed by atoms with Gasteiger partial charge in [-0.25, -0.2) is 0 Å². The molecule has 0 aliphatic carbocycles. The molecule has 25 heavy (non-hydrogen) atoms. The zero-order chi connectivity index (χ0) is 18.2. The molecule has 1 aromatic carbocycles. The summed E-state index contributed by atoms with van der Waals surface area (Å²) >= 11 is 0. The fourth-order valence-corrected chi connectivity index (χ4v) is 3.09. The molecule has 0 spiro atoms. The molecule has 1 aliphatic rings. The molecule has 1 fully saturated rings. The number of pyridine rings is 1. The number of halogens is 3. The Kier molecular flexibility index (Phi) is 4.38. The Morgan fingerprint density at radius 2 is 1.96 bits per heavy atom. The second-order valence-corrected chi connectivity index (χ2v) is 5.88. The number of nitrogens with zero attached hydrogens (tertiary/aromatic N) is 2. The monoisotopic (exact) mass is 352 g/mol. The van der Waals surface area contributed by atoms with Crippen LogP contribution in [0.4, 0.5) is 13.2 Å². The van der Waals surface area contributed by atoms with Gasteiger partial charge in [0.1, 0.15) is 5.75 Å². The van der Waals surface area contributed by atoms with E-state index in [1.807, 2.05) is 0 Å². The van der Waals surface area contributed by atoms with Crippen LogP contribution in [0, 0.1) is 0 Å². The van der Waals surface area contributed by atoms with Crippen molar-refractivity contribution < 1.29 is 28.2 Å². The first-order valence-corrected chi connectivity index (χ1v) is 7.56. The number of carbonyl (C=O) groups excluding carboxylic acids is 1. The zero-order valence-electron chi connectivity index (χ0n) is 12.9. The lowest BCUT2D eigenvalue weighted by Gasteiger charge is -2.27. The predicted molar refractivity (Wildman–Crippen MR) is 81.7 cm³/mol. The number of aromatic hydroxyl groups is 1. The summed E-state index contributed by atoms with van der Waals surface area (Å²) in [6.45, 7) is -0.0919. The highest BCUT2D eigenvalue weighted by Crippen LogP contribution is 2.40. The molecule has 1 aromatic heterocycles. The van der Waals surface area contributed by atoms with Gasteiger partial charge in [-0.15, -0.1) is 0 Å². The molecule has 1 saturated heterocycles. The minimum absolute atomic E-state index is 0.00504. The first kappa shape index (κ1) is 17.2. The normalized spacial score (nSPS) is 20.7. The lowest BCUT2D eigenvalue weighted by atomic mass is 9.97. The van der Waals surface area contributed by atoms with Gasteiger partial charge in [0.05, 0.1) is 29.5 Å². The highest BCUT2D eigenvalue weighted by atomic mass is 19.4. The topological polar surface area (TPSA) is 73.7 Å². The highest BCUT2D eigenvalue weighted by Gasteiger charge is 2.41. The fraction of sp³-hybridized carbons (Fsp3) is 0.294. The quantitative estimate of drug-likeness (QED) is 0.872. The van der Waals surface area contributed by atoms with Crippen LogP contribution in [0.1, 0.15) is 33.9 Å². The summed E-state index contributed by atoms with van der Waals surface area (Å²) in [6.07, 6.45) is -3.12. The van der Waals surface area contributed by atoms with Gasteiger partial charge in [-0.05, 0) is 24.1 Å². The highest BCUT2D eigenvalue weighted by molar-refractivity contribution is 5.94. The molecule has 1 aliphatic heterocycles. The number of benzene rings is 1. The Labute approximate surface area is 141 Å². The molecule has 0 saturated carbocycles. The van der Waals surface area contributed by atoms with E-state index in [4.69, 9.17) is 0 Å². The average molecular weight is 352 g/mol. The summed E-state index contributed by atoms with van der Waals surface area (Å²) < 4.78 is 39.9. The molecule has 1 amide bonds. The number of hydrogen-bond acceptors (Lipinski definition) is 4. The molecule has 5 nitrogen and oxygen atoms in total. The maximum Gasteiger partial charge on any atom is 0.416 e. The number of aliphatic hydroxyl groups is 1. The van der Waals surface area contributed by atoms with Crippen molar-refractivity contribution in [3.05, 3.63) is 59.4 Å². The summed E-state index contributed by atoms with van der Waals surface area (Å²) in [5.74, 6) is -0.820. The van der Waals surface area contributed by atoms with Crippen molar-refractivity contribution >= 4 is 5.91 Å². The zero-order valence-corrected chi connectivity index (χ0v) is 12.9. The van der Waals surface area contributed by atoms with Crippen molar-refractivity contribution in [1.82, 2.24) is 9.88 Å². The Morgan fingerprint density at radius 3 is 2.64 bits per heavy atom. The standard InChI is InChI=1S/C17H15F3N2O3/c18-17(19,20)14-4-2-1-3-13(14)15-6-12(24)9-22(15)16(25)10-5-11(23)8-21-7-10/h1-5,7-8,12,15,23-24H,6,9H2. The van der Waals surface area contributed by atoms with Crippen LogP contribution < -0.4 is 0 Å². The third-order valence-corrected chi connectivity index (χ3v) is 4.14. The van der Waals surface area contributed by atoms with Crippen LogP contribution in [-0.2, 0) is 6.18 Å². The summed E-state index contributed by atoms with van der Waals surface area (Å²) in [4.78, 5) is 17.6. The molecule has 0 radical (unpaired) electrons. The van der Waals surface area contributed by atoms with Crippen molar-refractivity contribution in [2.24, 2.45) is 0 Å². The third-order valence-electron chi connectivity index (χ3n) is 4.14. The average Bonchev–Trinajstić information content (AvgIpc) is 2.95. The van der Waals surface area contributed by atoms with Crippen LogP contribution in [0.2, 0.25) is 0 Å². The summed E-state index contributed by atoms with van der Waals surface area (Å²) in [6, 6.07) is 5.29. The van der Waals surface area contributed by atoms with Gasteiger partial charge in [0.15, 0.2) is 0 Å². The Balaban J connectivity index is 2.00. The summed E-state index contributed by atoms with van der Waals surface area (Å²) in [5.41, 5.74) is -0.850. The van der Waals surface area contributed by atoms with Crippen molar-refractivity contribution in [1.29, 1.82) is 0 Å². The molecule has 2 N–H and O–H groups in total. The molecule has 132 valence electrons. The van der Waals surface area contributed by atoms with Gasteiger partial charge < -0.3 is 15.1 Å². The van der Waals surface area contributed by atoms with E-state index in [0.29, 0.717) is 0 Å². The fourth-order valence-electron chi connectivity index (χ4n) is 3.09. The van der Waals surface area contributed by atoms with Crippen molar-refractivity contribution in [3.63, 3.8) is 0 Å². The minimum Gasteiger partial charge on any atom is -0.506 e. The number of aliphatic hydroxyl groups excluding tert-OH is 1. The van der Waals surface area contributed by atoms with Gasteiger partial charge in [-0.1, -0.05) is 18.2 Å². The van der Waals surface area contributed by atoms with Gasteiger partial charge >= 0.3 is 6.18 Å². The van der Waals surface area contributed by atoms with Gasteiger partial charge in [-0.3, -0.25) is 9.78 Å². The van der Waals surface area contributed by atoms with Crippen molar-refractivity contribution in [2.75, 3.05) is 6.54 Å². The van der Waals surface area contributed by atoms with E-state index in [-0.39, 0.29) is 29.8 Å². The maximum atomic E-state index is 13.3. The van der Waals surface area contributed by atoms with Gasteiger partial charge in [0.25, 0.3) is 5.91 Å². The van der Waals surface area contributed by atoms with Crippen LogP contribution in [0.25, 0.3) is 0 Å². The largest absolute Gasteiger partial charge is 0.506 e. The van der Waals surface area contributed by atoms with Crippen LogP contribution in [0.5, 0.6) is 5.75 Å². The molecular formula is C17H15F3N2O3. The van der Waals surface area contributed by atoms with Crippen molar-refractivity contribution in [3.8, 4) is 5.75 Å². The molecule has 8 heteroatoms. The van der Waals surface area contributed by atoms with E-state index in [1.54, 1.807) is 0 Å². The van der Waals surface area contributed by atoms with E-state index in [9.17, 15) is 28.2 Å². The molecule has 2 atom stereocenters. The van der Waals surface area contributed by atoms with E-state index < -0.39 is 29.8 Å². The molecule has 2 aromatic rings. The van der Waals surface area contributed by atoms with Crippen LogP contribution in [0.3, 0.4) is 0 Å². The summed E-state index contributed by atoms with van der Waals surface area (Å²) in [7, 11) is 0. The molecular weight excluding hydrogens is 337 g/mol. The minimum atomic E-state index is -4.56. The number of hydrogen-bond donors (Lipinski definition) is 2. The second kappa shape index (κ2) is 6.36. The smallest absolute Gasteiger partial charge is 0.416 e. The van der Waals surface area contributed by atoms with Gasteiger partial charge in [0.2, 0.25) is 0 Å². The first-order chi connectivity index (χ1) is 11.8. The lowest BCUT2D eigenvalue weighted by molar-refractivity contribution is -0.138. The SMILES string of the molecule is O=C(c1cncc(O)c1)N1CC(O)CC1c1ccccc1C(F)(F)F. The Hall–Kier alpha value is -2.61. The number of amides is 1. The number of alkyl halides is 3. The number of rotatable bonds is 2. The van der Waals surface area contributed by atoms with Crippen molar-refractivity contribution in [2.45, 2.75) is 24.7 Å². The van der Waals surface area contributed by atoms with E-state index in [2.05, 4.69) is 4.98 Å². The second-order valence-electron chi connectivity index (χ2n) is 5.88. The number of carbonyl (C=O) groups is 1. The van der Waals surface area contributed by atoms with Gasteiger partial charge in [0, 0.05) is 12.7 Å². The first-order valence-electron chi connectivity index (χ1n) is 7.56. The third kappa shape index (κ3) is 3.43. The van der Waals surface area contributed by atoms with Crippen LogP contribution in [-0.4, -0.2) is 38.7 Å². The van der Waals surface area contributed by atoms with E-state index in [1.165, 1.54) is 35.4 Å². The summed E-state index contributed by atoms with van der Waals surface area (Å²) in [5, 5.41) is 19.4. The van der Waals surface area contributed by atoms with Crippen LogP contribution in [0.15, 0.2) is 42.7 Å². The number of aromatic nitrogens is 1. The van der Waals surface area contributed by atoms with E-state index in [0.717, 1.165) is 12.3 Å². The number of likely N-dealkylation sites (tertiary alicyclic amines) is 1. The van der Waals surface area contributed by atoms with Crippen LogP contribution >= 0.6 is 0 Å². The van der Waals surface area contributed by atoms with Gasteiger partial charge in [-0.2, -0.15) is 13.2 Å². The molecule has 2 heterocycles. The predicted octanol–water partition coefficient (Wildman–Crippen LogP) is 2.75.